The van der Waals surface area contributed by atoms with Crippen LogP contribution in [0.15, 0.2) is 10.5 Å². The van der Waals surface area contributed by atoms with Crippen molar-refractivity contribution in [3.63, 3.8) is 0 Å². The molecule has 1 aromatic heterocycles. The fourth-order valence-corrected chi connectivity index (χ4v) is 2.13. The molecule has 0 saturated heterocycles. The van der Waals surface area contributed by atoms with Crippen molar-refractivity contribution in [1.29, 1.82) is 0 Å². The summed E-state index contributed by atoms with van der Waals surface area (Å²) in [6, 6.07) is 2.18. The molecule has 1 saturated carbocycles. The van der Waals surface area contributed by atoms with E-state index < -0.39 is 0 Å². The minimum atomic E-state index is 0.131. The molecule has 1 aliphatic carbocycles. The Morgan fingerprint density at radius 1 is 1.44 bits per heavy atom. The number of hydrogen-bond donors (Lipinski definition) is 1. The van der Waals surface area contributed by atoms with Crippen molar-refractivity contribution < 1.29 is 4.42 Å². The van der Waals surface area contributed by atoms with E-state index in [2.05, 4.69) is 26.8 Å². The summed E-state index contributed by atoms with van der Waals surface area (Å²) >= 11 is 0. The third kappa shape index (κ3) is 1.91. The lowest BCUT2D eigenvalue weighted by Crippen LogP contribution is -2.14. The second-order valence-corrected chi connectivity index (χ2v) is 5.57. The van der Waals surface area contributed by atoms with Crippen molar-refractivity contribution >= 4 is 0 Å². The summed E-state index contributed by atoms with van der Waals surface area (Å²) in [5.41, 5.74) is 7.16. The molecule has 1 aliphatic rings. The van der Waals surface area contributed by atoms with Gasteiger partial charge in [-0.1, -0.05) is 27.2 Å². The van der Waals surface area contributed by atoms with Crippen LogP contribution in [-0.2, 0) is 12.0 Å². The fourth-order valence-electron chi connectivity index (χ4n) is 2.13. The molecule has 0 spiro atoms. The highest BCUT2D eigenvalue weighted by atomic mass is 16.3. The van der Waals surface area contributed by atoms with Crippen molar-refractivity contribution in [1.82, 2.24) is 0 Å². The Labute approximate surface area is 98.2 Å². The number of rotatable bonds is 4. The first-order valence-electron chi connectivity index (χ1n) is 6.41. The van der Waals surface area contributed by atoms with Crippen LogP contribution in [0.1, 0.15) is 69.5 Å². The summed E-state index contributed by atoms with van der Waals surface area (Å²) in [7, 11) is 0. The molecule has 2 heteroatoms. The average molecular weight is 221 g/mol. The average Bonchev–Trinajstić information content (AvgIpc) is 2.60. The van der Waals surface area contributed by atoms with Gasteiger partial charge in [-0.25, -0.2) is 0 Å². The fraction of sp³-hybridized carbons (Fsp3) is 0.714. The lowest BCUT2D eigenvalue weighted by Gasteiger charge is -2.25. The molecule has 2 rings (SSSR count). The summed E-state index contributed by atoms with van der Waals surface area (Å²) in [6.07, 6.45) is 4.97. The van der Waals surface area contributed by atoms with Crippen LogP contribution >= 0.6 is 0 Å². The van der Waals surface area contributed by atoms with E-state index in [9.17, 15) is 0 Å². The molecule has 16 heavy (non-hydrogen) atoms. The maximum Gasteiger partial charge on any atom is 0.111 e. The molecule has 0 atom stereocenters. The van der Waals surface area contributed by atoms with Crippen molar-refractivity contribution in [3.05, 3.63) is 23.2 Å². The molecular weight excluding hydrogens is 198 g/mol. The quantitative estimate of drug-likeness (QED) is 0.842. The molecule has 0 unspecified atom stereocenters. The highest BCUT2D eigenvalue weighted by Crippen LogP contribution is 2.41. The molecule has 2 nitrogen and oxygen atoms in total. The molecule has 1 heterocycles. The molecule has 0 aromatic carbocycles. The van der Waals surface area contributed by atoms with Crippen LogP contribution in [0.4, 0.5) is 0 Å². The Bertz CT molecular complexity index is 361. The summed E-state index contributed by atoms with van der Waals surface area (Å²) in [5.74, 6) is 2.92. The first kappa shape index (κ1) is 11.7. The van der Waals surface area contributed by atoms with Gasteiger partial charge in [0, 0.05) is 23.4 Å². The van der Waals surface area contributed by atoms with Crippen LogP contribution in [0.3, 0.4) is 0 Å². The monoisotopic (exact) mass is 221 g/mol. The smallest absolute Gasteiger partial charge is 0.111 e. The molecule has 0 radical (unpaired) electrons. The van der Waals surface area contributed by atoms with Gasteiger partial charge in [0.05, 0.1) is 0 Å². The summed E-state index contributed by atoms with van der Waals surface area (Å²) in [4.78, 5) is 0. The van der Waals surface area contributed by atoms with Gasteiger partial charge in [-0.3, -0.25) is 0 Å². The van der Waals surface area contributed by atoms with Gasteiger partial charge in [-0.15, -0.1) is 0 Å². The molecule has 0 amide bonds. The van der Waals surface area contributed by atoms with E-state index in [0.717, 1.165) is 12.2 Å². The van der Waals surface area contributed by atoms with Crippen LogP contribution in [0.5, 0.6) is 0 Å². The second kappa shape index (κ2) is 4.25. The van der Waals surface area contributed by atoms with Gasteiger partial charge >= 0.3 is 0 Å². The van der Waals surface area contributed by atoms with E-state index in [0.29, 0.717) is 12.5 Å². The largest absolute Gasteiger partial charge is 0.465 e. The highest BCUT2D eigenvalue weighted by Gasteiger charge is 2.29. The van der Waals surface area contributed by atoms with Crippen molar-refractivity contribution in [2.24, 2.45) is 5.73 Å². The van der Waals surface area contributed by atoms with E-state index in [1.165, 1.54) is 30.6 Å². The molecule has 90 valence electrons. The van der Waals surface area contributed by atoms with Gasteiger partial charge in [-0.05, 0) is 25.3 Å². The lowest BCUT2D eigenvalue weighted by molar-refractivity contribution is 0.302. The van der Waals surface area contributed by atoms with Gasteiger partial charge in [0.15, 0.2) is 0 Å². The zero-order chi connectivity index (χ0) is 11.8. The van der Waals surface area contributed by atoms with Crippen LogP contribution in [0.2, 0.25) is 0 Å². The van der Waals surface area contributed by atoms with Gasteiger partial charge in [0.25, 0.3) is 0 Å². The number of nitrogens with two attached hydrogens (primary N) is 1. The van der Waals surface area contributed by atoms with E-state index in [-0.39, 0.29) is 5.41 Å². The maximum absolute atomic E-state index is 6.09. The van der Waals surface area contributed by atoms with E-state index in [4.69, 9.17) is 10.2 Å². The molecule has 2 N–H and O–H groups in total. The van der Waals surface area contributed by atoms with E-state index in [1.54, 1.807) is 0 Å². The second-order valence-electron chi connectivity index (χ2n) is 5.57. The Morgan fingerprint density at radius 3 is 2.56 bits per heavy atom. The molecule has 0 aliphatic heterocycles. The maximum atomic E-state index is 6.09. The zero-order valence-corrected chi connectivity index (χ0v) is 10.7. The summed E-state index contributed by atoms with van der Waals surface area (Å²) < 4.78 is 6.09. The Kier molecular flexibility index (Phi) is 3.11. The minimum absolute atomic E-state index is 0.131. The summed E-state index contributed by atoms with van der Waals surface area (Å²) in [6.45, 7) is 7.27. The van der Waals surface area contributed by atoms with Crippen LogP contribution in [-0.4, -0.2) is 0 Å². The minimum Gasteiger partial charge on any atom is -0.465 e. The summed E-state index contributed by atoms with van der Waals surface area (Å²) in [5, 5.41) is 0. The van der Waals surface area contributed by atoms with E-state index >= 15 is 0 Å². The first-order chi connectivity index (χ1) is 7.58. The molecule has 0 bridgehead atoms. The SMILES string of the molecule is CCC(C)(C)c1cc(CN)c(C2CCC2)o1. The zero-order valence-electron chi connectivity index (χ0n) is 10.7. The first-order valence-corrected chi connectivity index (χ1v) is 6.41. The van der Waals surface area contributed by atoms with Crippen LogP contribution < -0.4 is 5.73 Å². The predicted molar refractivity (Wildman–Crippen MR) is 66.5 cm³/mol. The van der Waals surface area contributed by atoms with Crippen LogP contribution in [0, 0.1) is 0 Å². The standard InChI is InChI=1S/C14H23NO/c1-4-14(2,3)12-8-11(9-15)13(16-12)10-6-5-7-10/h8,10H,4-7,9,15H2,1-3H3. The highest BCUT2D eigenvalue weighted by molar-refractivity contribution is 5.29. The molecule has 1 aromatic rings. The van der Waals surface area contributed by atoms with Crippen LogP contribution in [0.25, 0.3) is 0 Å². The van der Waals surface area contributed by atoms with Crippen molar-refractivity contribution in [2.45, 2.75) is 64.3 Å². The molecular formula is C14H23NO. The van der Waals surface area contributed by atoms with Crippen molar-refractivity contribution in [3.8, 4) is 0 Å². The lowest BCUT2D eigenvalue weighted by atomic mass is 9.82. The Balaban J connectivity index is 2.31. The molecule has 1 fully saturated rings. The Hall–Kier alpha value is -0.760. The third-order valence-corrected chi connectivity index (χ3v) is 4.09. The topological polar surface area (TPSA) is 39.2 Å². The van der Waals surface area contributed by atoms with Gasteiger partial charge in [0.1, 0.15) is 11.5 Å². The van der Waals surface area contributed by atoms with Gasteiger partial charge < -0.3 is 10.2 Å². The third-order valence-electron chi connectivity index (χ3n) is 4.09. The number of furan rings is 1. The van der Waals surface area contributed by atoms with E-state index in [1.807, 2.05) is 0 Å². The number of hydrogen-bond acceptors (Lipinski definition) is 2. The van der Waals surface area contributed by atoms with Gasteiger partial charge in [0.2, 0.25) is 0 Å². The predicted octanol–water partition coefficient (Wildman–Crippen LogP) is 3.69. The van der Waals surface area contributed by atoms with Crippen molar-refractivity contribution in [2.75, 3.05) is 0 Å². The Morgan fingerprint density at radius 2 is 2.12 bits per heavy atom. The normalized spacial score (nSPS) is 17.5. The van der Waals surface area contributed by atoms with Gasteiger partial charge in [-0.2, -0.15) is 0 Å².